The van der Waals surface area contributed by atoms with Crippen LogP contribution in [-0.2, 0) is 22.5 Å². The van der Waals surface area contributed by atoms with Gasteiger partial charge in [-0.1, -0.05) is 19.9 Å². The van der Waals surface area contributed by atoms with Crippen molar-refractivity contribution in [2.24, 2.45) is 5.92 Å². The number of fused-ring (bicyclic) bond motifs is 1. The van der Waals surface area contributed by atoms with Crippen LogP contribution in [0.5, 0.6) is 0 Å². The Bertz CT molecular complexity index is 639. The Kier molecular flexibility index (Phi) is 5.58. The number of amides is 3. The van der Waals surface area contributed by atoms with Crippen molar-refractivity contribution in [1.29, 1.82) is 0 Å². The fraction of sp³-hybridized carbons (Fsp3) is 0.579. The lowest BCUT2D eigenvalue weighted by Crippen LogP contribution is -2.41. The third kappa shape index (κ3) is 4.51. The third-order valence-electron chi connectivity index (χ3n) is 4.84. The molecule has 2 heterocycles. The van der Waals surface area contributed by atoms with Crippen molar-refractivity contribution >= 4 is 17.6 Å². The Morgan fingerprint density at radius 1 is 1.20 bits per heavy atom. The number of anilines is 1. The molecule has 25 heavy (non-hydrogen) atoms. The molecule has 0 aromatic heterocycles. The Morgan fingerprint density at radius 3 is 2.68 bits per heavy atom. The molecule has 3 amide bonds. The summed E-state index contributed by atoms with van der Waals surface area (Å²) in [5, 5.41) is 5.91. The topological polar surface area (TPSA) is 70.7 Å². The van der Waals surface area contributed by atoms with E-state index in [0.29, 0.717) is 19.8 Å². The molecule has 0 bridgehead atoms. The highest BCUT2D eigenvalue weighted by Crippen LogP contribution is 2.23. The van der Waals surface area contributed by atoms with Crippen molar-refractivity contribution < 1.29 is 14.3 Å². The van der Waals surface area contributed by atoms with Gasteiger partial charge < -0.3 is 20.3 Å². The first-order chi connectivity index (χ1) is 12.0. The van der Waals surface area contributed by atoms with Gasteiger partial charge in [0.2, 0.25) is 5.91 Å². The molecule has 1 aromatic rings. The predicted octanol–water partition coefficient (Wildman–Crippen LogP) is 2.53. The fourth-order valence-electron chi connectivity index (χ4n) is 3.38. The smallest absolute Gasteiger partial charge is 0.319 e. The van der Waals surface area contributed by atoms with Crippen molar-refractivity contribution in [3.63, 3.8) is 0 Å². The molecule has 2 N–H and O–H groups in total. The van der Waals surface area contributed by atoms with E-state index in [1.807, 2.05) is 30.9 Å². The van der Waals surface area contributed by atoms with E-state index >= 15 is 0 Å². The van der Waals surface area contributed by atoms with Gasteiger partial charge >= 0.3 is 6.03 Å². The zero-order valence-corrected chi connectivity index (χ0v) is 15.0. The second kappa shape index (κ2) is 7.87. The number of rotatable bonds is 3. The highest BCUT2D eigenvalue weighted by atomic mass is 16.5. The third-order valence-corrected chi connectivity index (χ3v) is 4.84. The van der Waals surface area contributed by atoms with Gasteiger partial charge in [0.25, 0.3) is 0 Å². The number of nitrogens with one attached hydrogen (secondary N) is 2. The minimum Gasteiger partial charge on any atom is -0.381 e. The molecule has 1 saturated heterocycles. The molecule has 0 unspecified atom stereocenters. The summed E-state index contributed by atoms with van der Waals surface area (Å²) < 4.78 is 5.30. The largest absolute Gasteiger partial charge is 0.381 e. The van der Waals surface area contributed by atoms with E-state index in [4.69, 9.17) is 4.74 Å². The molecule has 0 atom stereocenters. The van der Waals surface area contributed by atoms with Gasteiger partial charge in [-0.05, 0) is 42.5 Å². The van der Waals surface area contributed by atoms with Gasteiger partial charge in [-0.25, -0.2) is 4.79 Å². The van der Waals surface area contributed by atoms with Crippen LogP contribution in [0.2, 0.25) is 0 Å². The van der Waals surface area contributed by atoms with E-state index < -0.39 is 0 Å². The van der Waals surface area contributed by atoms with Gasteiger partial charge in [0.15, 0.2) is 0 Å². The van der Waals surface area contributed by atoms with E-state index in [2.05, 4.69) is 16.7 Å². The minimum absolute atomic E-state index is 0.00751. The van der Waals surface area contributed by atoms with E-state index in [1.54, 1.807) is 0 Å². The molecule has 0 saturated carbocycles. The zero-order valence-electron chi connectivity index (χ0n) is 15.0. The Morgan fingerprint density at radius 2 is 1.96 bits per heavy atom. The molecule has 6 heteroatoms. The second-order valence-electron chi connectivity index (χ2n) is 7.13. The SMILES string of the molecule is CC(C)C(=O)N1CCc2ccc(NC(=O)NC3CCOCC3)cc2C1. The first-order valence-corrected chi connectivity index (χ1v) is 9.09. The Hall–Kier alpha value is -2.08. The fourth-order valence-corrected chi connectivity index (χ4v) is 3.38. The molecule has 0 aliphatic carbocycles. The molecule has 2 aliphatic rings. The van der Waals surface area contributed by atoms with Crippen LogP contribution in [0.15, 0.2) is 18.2 Å². The van der Waals surface area contributed by atoms with Crippen LogP contribution >= 0.6 is 0 Å². The number of hydrogen-bond donors (Lipinski definition) is 2. The lowest BCUT2D eigenvalue weighted by Gasteiger charge is -2.30. The van der Waals surface area contributed by atoms with Crippen LogP contribution in [0.4, 0.5) is 10.5 Å². The Balaban J connectivity index is 1.61. The lowest BCUT2D eigenvalue weighted by atomic mass is 9.98. The van der Waals surface area contributed by atoms with Crippen LogP contribution in [0.1, 0.15) is 37.8 Å². The van der Waals surface area contributed by atoms with Gasteiger partial charge in [0.05, 0.1) is 0 Å². The first kappa shape index (κ1) is 17.7. The predicted molar refractivity (Wildman–Crippen MR) is 96.4 cm³/mol. The molecule has 1 fully saturated rings. The Labute approximate surface area is 148 Å². The summed E-state index contributed by atoms with van der Waals surface area (Å²) in [4.78, 5) is 26.3. The van der Waals surface area contributed by atoms with Crippen molar-refractivity contribution in [3.8, 4) is 0 Å². The molecule has 1 aromatic carbocycles. The molecule has 2 aliphatic heterocycles. The lowest BCUT2D eigenvalue weighted by molar-refractivity contribution is -0.135. The van der Waals surface area contributed by atoms with E-state index in [1.165, 1.54) is 5.56 Å². The summed E-state index contributed by atoms with van der Waals surface area (Å²) >= 11 is 0. The second-order valence-corrected chi connectivity index (χ2v) is 7.13. The maximum absolute atomic E-state index is 12.2. The van der Waals surface area contributed by atoms with E-state index in [0.717, 1.165) is 37.1 Å². The maximum Gasteiger partial charge on any atom is 0.319 e. The van der Waals surface area contributed by atoms with Gasteiger partial charge in [-0.2, -0.15) is 0 Å². The number of benzene rings is 1. The number of carbonyl (C=O) groups excluding carboxylic acids is 2. The quantitative estimate of drug-likeness (QED) is 0.884. The monoisotopic (exact) mass is 345 g/mol. The van der Waals surface area contributed by atoms with Gasteiger partial charge in [-0.3, -0.25) is 4.79 Å². The normalized spacial score (nSPS) is 18.0. The summed E-state index contributed by atoms with van der Waals surface area (Å²) in [6.07, 6.45) is 2.57. The zero-order chi connectivity index (χ0) is 17.8. The summed E-state index contributed by atoms with van der Waals surface area (Å²) in [6, 6.07) is 5.96. The summed E-state index contributed by atoms with van der Waals surface area (Å²) in [5.74, 6) is 0.189. The van der Waals surface area contributed by atoms with Crippen molar-refractivity contribution in [3.05, 3.63) is 29.3 Å². The average Bonchev–Trinajstić information content (AvgIpc) is 2.61. The van der Waals surface area contributed by atoms with Gasteiger partial charge in [0, 0.05) is 44.0 Å². The average molecular weight is 345 g/mol. The van der Waals surface area contributed by atoms with Crippen molar-refractivity contribution in [1.82, 2.24) is 10.2 Å². The van der Waals surface area contributed by atoms with Crippen LogP contribution in [-0.4, -0.2) is 42.6 Å². The summed E-state index contributed by atoms with van der Waals surface area (Å²) in [7, 11) is 0. The van der Waals surface area contributed by atoms with Crippen molar-refractivity contribution in [2.75, 3.05) is 25.1 Å². The van der Waals surface area contributed by atoms with Gasteiger partial charge in [-0.15, -0.1) is 0 Å². The molecule has 136 valence electrons. The van der Waals surface area contributed by atoms with Crippen LogP contribution < -0.4 is 10.6 Å². The molecule has 0 radical (unpaired) electrons. The van der Waals surface area contributed by atoms with Crippen LogP contribution in [0.3, 0.4) is 0 Å². The van der Waals surface area contributed by atoms with Crippen LogP contribution in [0.25, 0.3) is 0 Å². The molecule has 6 nitrogen and oxygen atoms in total. The summed E-state index contributed by atoms with van der Waals surface area (Å²) in [6.45, 7) is 6.63. The van der Waals surface area contributed by atoms with E-state index in [-0.39, 0.29) is 23.9 Å². The number of nitrogens with zero attached hydrogens (tertiary/aromatic N) is 1. The van der Waals surface area contributed by atoms with Crippen molar-refractivity contribution in [2.45, 2.75) is 45.7 Å². The maximum atomic E-state index is 12.2. The first-order valence-electron chi connectivity index (χ1n) is 9.09. The number of carbonyl (C=O) groups is 2. The van der Waals surface area contributed by atoms with Gasteiger partial charge in [0.1, 0.15) is 0 Å². The molecular formula is C19H27N3O3. The molecule has 3 rings (SSSR count). The highest BCUT2D eigenvalue weighted by molar-refractivity contribution is 5.89. The minimum atomic E-state index is -0.183. The highest BCUT2D eigenvalue weighted by Gasteiger charge is 2.23. The van der Waals surface area contributed by atoms with E-state index in [9.17, 15) is 9.59 Å². The standard InChI is InChI=1S/C19H27N3O3/c1-13(2)18(23)22-8-5-14-3-4-17(11-15(14)12-22)21-19(24)20-16-6-9-25-10-7-16/h3-4,11,13,16H,5-10,12H2,1-2H3,(H2,20,21,24). The number of hydrogen-bond acceptors (Lipinski definition) is 3. The molecular weight excluding hydrogens is 318 g/mol. The number of urea groups is 1. The molecule has 0 spiro atoms. The summed E-state index contributed by atoms with van der Waals surface area (Å²) in [5.41, 5.74) is 3.13. The number of ether oxygens (including phenoxy) is 1. The van der Waals surface area contributed by atoms with Crippen LogP contribution in [0, 0.1) is 5.92 Å².